The summed E-state index contributed by atoms with van der Waals surface area (Å²) in [6.07, 6.45) is 2.95. The normalized spacial score (nSPS) is 20.9. The zero-order valence-electron chi connectivity index (χ0n) is 24.9. The molecule has 2 aromatic rings. The van der Waals surface area contributed by atoms with Crippen molar-refractivity contribution in [1.82, 2.24) is 9.80 Å². The van der Waals surface area contributed by atoms with Crippen LogP contribution in [0.15, 0.2) is 36.4 Å². The zero-order chi connectivity index (χ0) is 30.5. The number of carboxylic acid groups (broad SMARTS) is 1. The van der Waals surface area contributed by atoms with Gasteiger partial charge in [0.2, 0.25) is 24.4 Å². The van der Waals surface area contributed by atoms with Crippen molar-refractivity contribution >= 4 is 23.5 Å². The van der Waals surface area contributed by atoms with Gasteiger partial charge in [-0.15, -0.1) is 0 Å². The molecule has 0 radical (unpaired) electrons. The van der Waals surface area contributed by atoms with Crippen LogP contribution in [0.4, 0.5) is 5.69 Å². The number of aliphatic hydroxyl groups is 1. The first-order chi connectivity index (χ1) is 20.9. The predicted molar refractivity (Wildman–Crippen MR) is 159 cm³/mol. The molecule has 0 bridgehead atoms. The monoisotopic (exact) mass is 595 g/mol. The fraction of sp³-hybridized carbons (Fsp3) is 0.531. The smallest absolute Gasteiger partial charge is 0.308 e. The Morgan fingerprint density at radius 1 is 1.14 bits per heavy atom. The van der Waals surface area contributed by atoms with Crippen molar-refractivity contribution in [3.8, 4) is 17.2 Å². The van der Waals surface area contributed by atoms with Gasteiger partial charge in [0.15, 0.2) is 11.5 Å². The number of carbonyl (C=O) groups excluding carboxylic acids is 2. The van der Waals surface area contributed by atoms with Gasteiger partial charge in [0.05, 0.1) is 26.0 Å². The van der Waals surface area contributed by atoms with Crippen molar-refractivity contribution in [2.45, 2.75) is 51.0 Å². The second kappa shape index (κ2) is 13.6. The number of para-hydroxylation sites is 1. The Morgan fingerprint density at radius 2 is 1.93 bits per heavy atom. The molecule has 3 aliphatic heterocycles. The zero-order valence-corrected chi connectivity index (χ0v) is 24.9. The Kier molecular flexibility index (Phi) is 9.72. The highest BCUT2D eigenvalue weighted by Crippen LogP contribution is 2.47. The maximum absolute atomic E-state index is 13.6. The molecule has 1 fully saturated rings. The SMILES string of the molecule is CCCCN(CCCO)C(=O)CN1C[C@H](c2cc(OC)c3c(c2)OCO3)C(C(=O)O)[C@@H]1CCN1C(=O)Cc2ccccc21. The fourth-order valence-corrected chi connectivity index (χ4v) is 6.62. The van der Waals surface area contributed by atoms with E-state index in [9.17, 15) is 24.6 Å². The van der Waals surface area contributed by atoms with Crippen molar-refractivity contribution < 1.29 is 38.8 Å². The van der Waals surface area contributed by atoms with Crippen molar-refractivity contribution in [3.05, 3.63) is 47.5 Å². The van der Waals surface area contributed by atoms with Crippen LogP contribution >= 0.6 is 0 Å². The van der Waals surface area contributed by atoms with Gasteiger partial charge in [0.1, 0.15) is 0 Å². The van der Waals surface area contributed by atoms with Gasteiger partial charge in [-0.3, -0.25) is 19.3 Å². The first-order valence-corrected chi connectivity index (χ1v) is 15.1. The van der Waals surface area contributed by atoms with Crippen LogP contribution in [0.2, 0.25) is 0 Å². The topological polar surface area (TPSA) is 129 Å². The molecule has 1 saturated heterocycles. The Bertz CT molecular complexity index is 1330. The minimum atomic E-state index is -0.960. The molecule has 3 atom stereocenters. The number of carboxylic acids is 1. The first-order valence-electron chi connectivity index (χ1n) is 15.1. The molecule has 5 rings (SSSR count). The number of aliphatic carboxylic acids is 1. The number of fused-ring (bicyclic) bond motifs is 2. The van der Waals surface area contributed by atoms with Crippen molar-refractivity contribution in [3.63, 3.8) is 0 Å². The summed E-state index contributed by atoms with van der Waals surface area (Å²) in [5, 5.41) is 20.0. The van der Waals surface area contributed by atoms with Gasteiger partial charge in [0.25, 0.3) is 0 Å². The lowest BCUT2D eigenvalue weighted by atomic mass is 9.84. The van der Waals surface area contributed by atoms with Gasteiger partial charge in [-0.05, 0) is 48.6 Å². The van der Waals surface area contributed by atoms with Gasteiger partial charge in [-0.25, -0.2) is 0 Å². The van der Waals surface area contributed by atoms with Gasteiger partial charge in [0, 0.05) is 50.4 Å². The number of unbranched alkanes of at least 4 members (excludes halogenated alkanes) is 1. The number of rotatable bonds is 14. The van der Waals surface area contributed by atoms with Crippen LogP contribution in [-0.4, -0.2) is 97.1 Å². The average molecular weight is 596 g/mol. The van der Waals surface area contributed by atoms with E-state index in [0.29, 0.717) is 62.7 Å². The van der Waals surface area contributed by atoms with Crippen LogP contribution in [0.5, 0.6) is 17.2 Å². The number of methoxy groups -OCH3 is 1. The summed E-state index contributed by atoms with van der Waals surface area (Å²) >= 11 is 0. The summed E-state index contributed by atoms with van der Waals surface area (Å²) in [6, 6.07) is 10.8. The van der Waals surface area contributed by atoms with E-state index < -0.39 is 23.8 Å². The summed E-state index contributed by atoms with van der Waals surface area (Å²) in [5.41, 5.74) is 2.55. The Hall–Kier alpha value is -3.83. The van der Waals surface area contributed by atoms with Crippen molar-refractivity contribution in [1.29, 1.82) is 0 Å². The number of ether oxygens (including phenoxy) is 3. The maximum Gasteiger partial charge on any atom is 0.308 e. The molecular formula is C32H41N3O8. The summed E-state index contributed by atoms with van der Waals surface area (Å²) in [7, 11) is 1.53. The van der Waals surface area contributed by atoms with Crippen LogP contribution in [-0.2, 0) is 20.8 Å². The summed E-state index contributed by atoms with van der Waals surface area (Å²) in [6.45, 7) is 3.85. The molecule has 2 amide bonds. The summed E-state index contributed by atoms with van der Waals surface area (Å²) in [4.78, 5) is 45.0. The van der Waals surface area contributed by atoms with Crippen LogP contribution in [0.25, 0.3) is 0 Å². The maximum atomic E-state index is 13.6. The first kappa shape index (κ1) is 30.6. The van der Waals surface area contributed by atoms with E-state index in [-0.39, 0.29) is 31.8 Å². The third-order valence-corrected chi connectivity index (χ3v) is 8.77. The molecular weight excluding hydrogens is 554 g/mol. The molecule has 3 heterocycles. The number of aliphatic hydroxyl groups excluding tert-OH is 1. The number of anilines is 1. The molecule has 0 spiro atoms. The number of carbonyl (C=O) groups is 3. The highest BCUT2D eigenvalue weighted by Gasteiger charge is 2.48. The predicted octanol–water partition coefficient (Wildman–Crippen LogP) is 2.88. The summed E-state index contributed by atoms with van der Waals surface area (Å²) in [5.74, 6) is -0.913. The second-order valence-electron chi connectivity index (χ2n) is 11.4. The van der Waals surface area contributed by atoms with Gasteiger partial charge >= 0.3 is 5.97 Å². The van der Waals surface area contributed by atoms with E-state index in [0.717, 1.165) is 29.7 Å². The van der Waals surface area contributed by atoms with Crippen LogP contribution in [0.3, 0.4) is 0 Å². The second-order valence-corrected chi connectivity index (χ2v) is 11.4. The summed E-state index contributed by atoms with van der Waals surface area (Å²) < 4.78 is 16.7. The van der Waals surface area contributed by atoms with Crippen molar-refractivity contribution in [2.75, 3.05) is 58.1 Å². The standard InChI is InChI=1S/C32H41N3O8/c1-3-4-11-33(12-7-14-36)29(38)19-34-18-23(22-15-26(41-2)31-27(16-22)42-20-43-31)30(32(39)40)25(34)10-13-35-24-9-6-5-8-21(24)17-28(35)37/h5-6,8-9,15-16,23,25,30,36H,3-4,7,10-14,17-20H2,1-2H3,(H,39,40)/t23-,25+,30?/m1/s1. The van der Waals surface area contributed by atoms with Crippen LogP contribution in [0.1, 0.15) is 49.7 Å². The molecule has 1 unspecified atom stereocenters. The molecule has 2 aromatic carbocycles. The highest BCUT2D eigenvalue weighted by molar-refractivity contribution is 6.01. The molecule has 232 valence electrons. The Balaban J connectivity index is 1.45. The van der Waals surface area contributed by atoms with Crippen molar-refractivity contribution in [2.24, 2.45) is 5.92 Å². The van der Waals surface area contributed by atoms with Gasteiger partial charge in [-0.2, -0.15) is 0 Å². The number of nitrogens with zero attached hydrogens (tertiary/aromatic N) is 3. The lowest BCUT2D eigenvalue weighted by Gasteiger charge is -2.31. The largest absolute Gasteiger partial charge is 0.493 e. The molecule has 0 aromatic heterocycles. The number of benzene rings is 2. The molecule has 11 nitrogen and oxygen atoms in total. The number of hydrogen-bond acceptors (Lipinski definition) is 8. The van der Waals surface area contributed by atoms with E-state index in [4.69, 9.17) is 14.2 Å². The van der Waals surface area contributed by atoms with Crippen LogP contribution < -0.4 is 19.1 Å². The molecule has 43 heavy (non-hydrogen) atoms. The van der Waals surface area contributed by atoms with Gasteiger partial charge < -0.3 is 34.2 Å². The number of likely N-dealkylation sites (tertiary alicyclic amines) is 1. The highest BCUT2D eigenvalue weighted by atomic mass is 16.7. The van der Waals surface area contributed by atoms with E-state index in [2.05, 4.69) is 6.92 Å². The average Bonchev–Trinajstić information content (AvgIpc) is 3.70. The lowest BCUT2D eigenvalue weighted by Crippen LogP contribution is -2.46. The van der Waals surface area contributed by atoms with E-state index >= 15 is 0 Å². The molecule has 3 aliphatic rings. The fourth-order valence-electron chi connectivity index (χ4n) is 6.62. The molecule has 0 aliphatic carbocycles. The third-order valence-electron chi connectivity index (χ3n) is 8.77. The Labute approximate surface area is 251 Å². The van der Waals surface area contributed by atoms with E-state index in [1.54, 1.807) is 15.9 Å². The molecule has 11 heteroatoms. The lowest BCUT2D eigenvalue weighted by molar-refractivity contribution is -0.143. The quantitative estimate of drug-likeness (QED) is 0.339. The Morgan fingerprint density at radius 3 is 2.67 bits per heavy atom. The molecule has 0 saturated carbocycles. The molecule has 2 N–H and O–H groups in total. The third kappa shape index (κ3) is 6.42. The number of hydrogen-bond donors (Lipinski definition) is 2. The minimum absolute atomic E-state index is 0.0112. The van der Waals surface area contributed by atoms with E-state index in [1.165, 1.54) is 7.11 Å². The van der Waals surface area contributed by atoms with Crippen LogP contribution in [0, 0.1) is 5.92 Å². The minimum Gasteiger partial charge on any atom is -0.493 e. The van der Waals surface area contributed by atoms with E-state index in [1.807, 2.05) is 35.2 Å². The number of amides is 2. The van der Waals surface area contributed by atoms with Gasteiger partial charge in [-0.1, -0.05) is 31.5 Å².